The van der Waals surface area contributed by atoms with Gasteiger partial charge in [-0.3, -0.25) is 14.8 Å². The van der Waals surface area contributed by atoms with E-state index in [0.29, 0.717) is 16.8 Å². The van der Waals surface area contributed by atoms with Crippen molar-refractivity contribution in [3.63, 3.8) is 0 Å². The Kier molecular flexibility index (Phi) is 3.23. The normalized spacial score (nSPS) is 21.2. The number of aromatic nitrogens is 2. The lowest BCUT2D eigenvalue weighted by Crippen LogP contribution is -2.43. The second kappa shape index (κ2) is 5.06. The lowest BCUT2D eigenvalue weighted by Gasteiger charge is -2.31. The van der Waals surface area contributed by atoms with Gasteiger partial charge in [-0.25, -0.2) is 0 Å². The molecule has 0 radical (unpaired) electrons. The van der Waals surface area contributed by atoms with Gasteiger partial charge in [-0.05, 0) is 25.1 Å². The second-order valence-electron chi connectivity index (χ2n) is 4.92. The summed E-state index contributed by atoms with van der Waals surface area (Å²) < 4.78 is 0. The van der Waals surface area contributed by atoms with E-state index in [-0.39, 0.29) is 12.3 Å². The van der Waals surface area contributed by atoms with Gasteiger partial charge in [0.25, 0.3) is 5.91 Å². The number of hydrogen-bond donors (Lipinski definition) is 1. The molecule has 1 atom stereocenters. The van der Waals surface area contributed by atoms with Crippen molar-refractivity contribution in [3.8, 4) is 0 Å². The molecule has 1 N–H and O–H groups in total. The van der Waals surface area contributed by atoms with Gasteiger partial charge in [-0.15, -0.1) is 0 Å². The summed E-state index contributed by atoms with van der Waals surface area (Å²) in [5, 5.41) is 16.3. The van der Waals surface area contributed by atoms with Crippen LogP contribution in [0.15, 0.2) is 54.2 Å². The molecule has 2 aromatic heterocycles. The van der Waals surface area contributed by atoms with Crippen molar-refractivity contribution in [1.29, 1.82) is 0 Å². The molecule has 0 aliphatic carbocycles. The first-order valence-electron chi connectivity index (χ1n) is 6.53. The molecule has 0 spiro atoms. The van der Waals surface area contributed by atoms with Gasteiger partial charge in [-0.2, -0.15) is 10.1 Å². The topological polar surface area (TPSA) is 78.7 Å². The second-order valence-corrected chi connectivity index (χ2v) is 4.92. The Bertz CT molecular complexity index is 687. The van der Waals surface area contributed by atoms with Crippen LogP contribution in [0.25, 0.3) is 0 Å². The van der Waals surface area contributed by atoms with Crippen LogP contribution < -0.4 is 0 Å². The average molecular weight is 282 g/mol. The minimum atomic E-state index is -1.50. The van der Waals surface area contributed by atoms with E-state index in [2.05, 4.69) is 15.1 Å². The van der Waals surface area contributed by atoms with Crippen LogP contribution in [-0.2, 0) is 5.72 Å². The molecule has 0 fully saturated rings. The van der Waals surface area contributed by atoms with Crippen molar-refractivity contribution in [2.75, 3.05) is 0 Å². The number of carbonyl (C=O) groups is 1. The first kappa shape index (κ1) is 13.4. The van der Waals surface area contributed by atoms with E-state index < -0.39 is 5.72 Å². The summed E-state index contributed by atoms with van der Waals surface area (Å²) in [4.78, 5) is 20.5. The summed E-state index contributed by atoms with van der Waals surface area (Å²) in [6.07, 6.45) is 6.48. The van der Waals surface area contributed by atoms with E-state index >= 15 is 0 Å². The third kappa shape index (κ3) is 2.30. The van der Waals surface area contributed by atoms with Crippen LogP contribution in [-0.4, -0.2) is 31.7 Å². The lowest BCUT2D eigenvalue weighted by atomic mass is 9.99. The lowest BCUT2D eigenvalue weighted by molar-refractivity contribution is -0.0767. The molecule has 0 bridgehead atoms. The third-order valence-corrected chi connectivity index (χ3v) is 3.37. The highest BCUT2D eigenvalue weighted by molar-refractivity contribution is 5.97. The van der Waals surface area contributed by atoms with Gasteiger partial charge in [0.1, 0.15) is 0 Å². The highest BCUT2D eigenvalue weighted by Crippen LogP contribution is 2.35. The number of amides is 1. The molecule has 0 saturated carbocycles. The van der Waals surface area contributed by atoms with Crippen molar-refractivity contribution in [2.45, 2.75) is 19.1 Å². The van der Waals surface area contributed by atoms with E-state index in [1.54, 1.807) is 43.6 Å². The fourth-order valence-electron chi connectivity index (χ4n) is 2.37. The Morgan fingerprint density at radius 3 is 2.67 bits per heavy atom. The number of hydrogen-bond acceptors (Lipinski definition) is 5. The van der Waals surface area contributed by atoms with Crippen LogP contribution in [0.4, 0.5) is 0 Å². The molecule has 0 unspecified atom stereocenters. The standard InChI is InChI=1S/C15H14N4O2/c1-11-9-15(21,13-3-2-6-17-10-13)19(18-11)14(20)12-4-7-16-8-5-12/h2-8,10,21H,9H2,1H3/t15-/m0/s1. The monoisotopic (exact) mass is 282 g/mol. The zero-order valence-electron chi connectivity index (χ0n) is 11.5. The van der Waals surface area contributed by atoms with E-state index in [0.717, 1.165) is 5.01 Å². The summed E-state index contributed by atoms with van der Waals surface area (Å²) in [6.45, 7) is 1.78. The first-order chi connectivity index (χ1) is 10.1. The minimum Gasteiger partial charge on any atom is -0.365 e. The summed E-state index contributed by atoms with van der Waals surface area (Å²) >= 11 is 0. The number of nitrogens with zero attached hydrogens (tertiary/aromatic N) is 4. The third-order valence-electron chi connectivity index (χ3n) is 3.37. The molecular weight excluding hydrogens is 268 g/mol. The van der Waals surface area contributed by atoms with Crippen LogP contribution in [0.5, 0.6) is 0 Å². The molecule has 3 rings (SSSR count). The maximum Gasteiger partial charge on any atom is 0.277 e. The van der Waals surface area contributed by atoms with Crippen molar-refractivity contribution >= 4 is 11.6 Å². The van der Waals surface area contributed by atoms with Crippen LogP contribution in [0.2, 0.25) is 0 Å². The fourth-order valence-corrected chi connectivity index (χ4v) is 2.37. The van der Waals surface area contributed by atoms with Crippen molar-refractivity contribution in [3.05, 3.63) is 60.2 Å². The van der Waals surface area contributed by atoms with Crippen molar-refractivity contribution in [1.82, 2.24) is 15.0 Å². The van der Waals surface area contributed by atoms with Crippen molar-refractivity contribution in [2.24, 2.45) is 5.10 Å². The van der Waals surface area contributed by atoms with Crippen LogP contribution >= 0.6 is 0 Å². The zero-order valence-corrected chi connectivity index (χ0v) is 11.5. The van der Waals surface area contributed by atoms with E-state index in [9.17, 15) is 9.90 Å². The number of rotatable bonds is 2. The largest absolute Gasteiger partial charge is 0.365 e. The first-order valence-corrected chi connectivity index (χ1v) is 6.53. The van der Waals surface area contributed by atoms with E-state index in [4.69, 9.17) is 0 Å². The van der Waals surface area contributed by atoms with Crippen molar-refractivity contribution < 1.29 is 9.90 Å². The quantitative estimate of drug-likeness (QED) is 0.906. The number of pyridine rings is 2. The maximum atomic E-state index is 12.6. The molecule has 6 heteroatoms. The Labute approximate surface area is 121 Å². The highest BCUT2D eigenvalue weighted by Gasteiger charge is 2.45. The molecule has 1 amide bonds. The predicted octanol–water partition coefficient (Wildman–Crippen LogP) is 1.54. The van der Waals surface area contributed by atoms with Gasteiger partial charge in [0.05, 0.1) is 0 Å². The highest BCUT2D eigenvalue weighted by atomic mass is 16.3. The Balaban J connectivity index is 2.01. The predicted molar refractivity (Wildman–Crippen MR) is 76.3 cm³/mol. The average Bonchev–Trinajstić information content (AvgIpc) is 2.84. The molecule has 3 heterocycles. The number of aliphatic hydroxyl groups is 1. The van der Waals surface area contributed by atoms with Gasteiger partial charge in [0.15, 0.2) is 5.72 Å². The molecular formula is C15H14N4O2. The molecule has 0 saturated heterocycles. The number of hydrazone groups is 1. The summed E-state index contributed by atoms with van der Waals surface area (Å²) in [6, 6.07) is 6.63. The van der Waals surface area contributed by atoms with Crippen LogP contribution in [0, 0.1) is 0 Å². The van der Waals surface area contributed by atoms with Gasteiger partial charge in [-0.1, -0.05) is 6.07 Å². The maximum absolute atomic E-state index is 12.6. The molecule has 2 aromatic rings. The Morgan fingerprint density at radius 2 is 2.00 bits per heavy atom. The molecule has 21 heavy (non-hydrogen) atoms. The van der Waals surface area contributed by atoms with Gasteiger partial charge >= 0.3 is 0 Å². The Morgan fingerprint density at radius 1 is 1.24 bits per heavy atom. The molecule has 1 aliphatic heterocycles. The Hall–Kier alpha value is -2.60. The molecule has 6 nitrogen and oxygen atoms in total. The van der Waals surface area contributed by atoms with Gasteiger partial charge in [0.2, 0.25) is 0 Å². The molecule has 1 aliphatic rings. The summed E-state index contributed by atoms with van der Waals surface area (Å²) in [5.41, 5.74) is 0.140. The van der Waals surface area contributed by atoms with E-state index in [1.807, 2.05) is 0 Å². The number of carbonyl (C=O) groups excluding carboxylic acids is 1. The summed E-state index contributed by atoms with van der Waals surface area (Å²) in [7, 11) is 0. The fraction of sp³-hybridized carbons (Fsp3) is 0.200. The minimum absolute atomic E-state index is 0.259. The van der Waals surface area contributed by atoms with Crippen LogP contribution in [0.3, 0.4) is 0 Å². The van der Waals surface area contributed by atoms with Crippen LogP contribution in [0.1, 0.15) is 29.3 Å². The SMILES string of the molecule is CC1=NN(C(=O)c2ccncc2)[C@@](O)(c2cccnc2)C1. The smallest absolute Gasteiger partial charge is 0.277 e. The van der Waals surface area contributed by atoms with Gasteiger partial charge < -0.3 is 5.11 Å². The molecule has 106 valence electrons. The zero-order chi connectivity index (χ0) is 14.9. The van der Waals surface area contributed by atoms with E-state index in [1.165, 1.54) is 12.4 Å². The molecule has 0 aromatic carbocycles. The van der Waals surface area contributed by atoms with Gasteiger partial charge in [0, 0.05) is 48.0 Å². The summed E-state index contributed by atoms with van der Waals surface area (Å²) in [5.74, 6) is -0.374.